The van der Waals surface area contributed by atoms with E-state index in [2.05, 4.69) is 65.0 Å². The second-order valence-electron chi connectivity index (χ2n) is 18.7. The van der Waals surface area contributed by atoms with E-state index in [1.807, 2.05) is 34.6 Å². The molecule has 9 rings (SSSR count). The van der Waals surface area contributed by atoms with E-state index in [9.17, 15) is 27.0 Å². The van der Waals surface area contributed by atoms with E-state index in [0.29, 0.717) is 22.9 Å². The highest BCUT2D eigenvalue weighted by atomic mass is 32.2. The highest BCUT2D eigenvalue weighted by molar-refractivity contribution is 7.93. The molecule has 0 bridgehead atoms. The van der Waals surface area contributed by atoms with Crippen molar-refractivity contribution in [2.24, 2.45) is 0 Å². The third-order valence-electron chi connectivity index (χ3n) is 11.6. The van der Waals surface area contributed by atoms with Crippen molar-refractivity contribution in [2.45, 2.75) is 55.7 Å². The molecule has 5 N–H and O–H groups in total. The maximum absolute atomic E-state index is 13.6. The SMILES string of the molecule is COc1ccccc1Oc1c(NS(=O)(=O)c2ccc(C(C)(C)C)cc2)nc(-c2ncccn2)nc1OCCO.COc1ccccc1Oc1c(NS(=O)(=O)c2ccc(C(C)C)cc2)nc(-c2cc(-c3nn[nH]n3)ccn2)nc1OCCO. The van der Waals surface area contributed by atoms with Crippen LogP contribution in [0.25, 0.3) is 34.6 Å². The summed E-state index contributed by atoms with van der Waals surface area (Å²) in [4.78, 5) is 30.4. The molecule has 0 unspecified atom stereocenters. The van der Waals surface area contributed by atoms with E-state index < -0.39 is 20.0 Å². The van der Waals surface area contributed by atoms with Gasteiger partial charge in [0.1, 0.15) is 18.9 Å². The molecule has 0 fully saturated rings. The molecule has 0 amide bonds. The lowest BCUT2D eigenvalue weighted by Crippen LogP contribution is -2.17. The number of sulfonamides is 2. The van der Waals surface area contributed by atoms with E-state index >= 15 is 0 Å². The Kier molecular flexibility index (Phi) is 18.8. The van der Waals surface area contributed by atoms with Gasteiger partial charge in [-0.3, -0.25) is 14.4 Å². The molecular weight excluding hydrogens is 1100 g/mol. The molecular formula is C55H57N13O12S2. The lowest BCUT2D eigenvalue weighted by atomic mass is 9.87. The van der Waals surface area contributed by atoms with Crippen LogP contribution >= 0.6 is 0 Å². The molecule has 25 nitrogen and oxygen atoms in total. The summed E-state index contributed by atoms with van der Waals surface area (Å²) in [7, 11) is -5.37. The number of ether oxygens (including phenoxy) is 6. The van der Waals surface area contributed by atoms with Gasteiger partial charge in [0.2, 0.25) is 23.1 Å². The number of aromatic amines is 1. The van der Waals surface area contributed by atoms with Gasteiger partial charge in [-0.15, -0.1) is 10.2 Å². The van der Waals surface area contributed by atoms with Gasteiger partial charge in [-0.05, 0) is 94.4 Å². The van der Waals surface area contributed by atoms with Gasteiger partial charge < -0.3 is 38.6 Å². The summed E-state index contributed by atoms with van der Waals surface area (Å²) in [6.07, 6.45) is 4.50. The Morgan fingerprint density at radius 1 is 0.573 bits per heavy atom. The minimum atomic E-state index is -4.18. The minimum Gasteiger partial charge on any atom is -0.493 e. The summed E-state index contributed by atoms with van der Waals surface area (Å²) in [6, 6.07) is 31.6. The average Bonchev–Trinajstić information content (AvgIpc) is 3.55. The molecule has 0 atom stereocenters. The van der Waals surface area contributed by atoms with Gasteiger partial charge in [0, 0.05) is 24.2 Å². The molecule has 0 aliphatic heterocycles. The maximum atomic E-state index is 13.6. The van der Waals surface area contributed by atoms with E-state index in [0.717, 1.165) is 11.1 Å². The van der Waals surface area contributed by atoms with Crippen LogP contribution in [0.5, 0.6) is 46.3 Å². The Balaban J connectivity index is 0.000000216. The van der Waals surface area contributed by atoms with Crippen molar-refractivity contribution >= 4 is 31.7 Å². The van der Waals surface area contributed by atoms with Crippen molar-refractivity contribution in [2.75, 3.05) is 50.1 Å². The number of nitrogens with zero attached hydrogens (tertiary/aromatic N) is 10. The summed E-state index contributed by atoms with van der Waals surface area (Å²) in [5.41, 5.74) is 2.62. The molecule has 82 heavy (non-hydrogen) atoms. The number of aliphatic hydroxyl groups is 2. The number of benzene rings is 4. The zero-order valence-electron chi connectivity index (χ0n) is 45.4. The molecule has 5 aromatic heterocycles. The van der Waals surface area contributed by atoms with Crippen LogP contribution in [-0.4, -0.2) is 123 Å². The second-order valence-corrected chi connectivity index (χ2v) is 22.0. The fourth-order valence-electron chi connectivity index (χ4n) is 7.43. The van der Waals surface area contributed by atoms with Crippen LogP contribution in [0.15, 0.2) is 144 Å². The van der Waals surface area contributed by atoms with Crippen molar-refractivity contribution in [3.8, 4) is 80.8 Å². The first-order valence-corrected chi connectivity index (χ1v) is 28.0. The Labute approximate surface area is 472 Å². The largest absolute Gasteiger partial charge is 0.493 e. The Bertz CT molecular complexity index is 3820. The Morgan fingerprint density at radius 3 is 1.55 bits per heavy atom. The van der Waals surface area contributed by atoms with Crippen LogP contribution in [0.4, 0.5) is 11.6 Å². The Morgan fingerprint density at radius 2 is 1.07 bits per heavy atom. The van der Waals surface area contributed by atoms with Gasteiger partial charge in [-0.2, -0.15) is 15.2 Å². The second kappa shape index (κ2) is 26.2. The fraction of sp³-hybridized carbons (Fsp3) is 0.236. The van der Waals surface area contributed by atoms with Crippen molar-refractivity contribution in [3.63, 3.8) is 0 Å². The molecule has 4 aromatic carbocycles. The van der Waals surface area contributed by atoms with Crippen LogP contribution < -0.4 is 37.9 Å². The standard InChI is InChI=1S/C28H28N8O6S.C27H29N5O6S/c1-17(2)18-8-10-20(11-9-18)43(38,39)34-27-24(42-23-7-5-4-6-22(23)40-3)28(41-15-14-37)31-26(30-27)21-16-19(12-13-29-21)25-32-35-36-33-25;1-27(2,3)18-10-12-19(13-11-18)39(34,35)32-23-22(38-21-9-6-5-8-20(21)36-4)26(37-17-16-33)31-25(30-23)24-28-14-7-15-29-24/h4-13,16-17,37H,14-15H2,1-3H3,(H,30,31,34)(H,32,33,35,36);5-15,33H,16-17H2,1-4H3,(H,30,31,32). The number of aromatic nitrogens is 11. The number of nitrogens with one attached hydrogen (secondary N) is 3. The quantitative estimate of drug-likeness (QED) is 0.0429. The molecule has 0 aliphatic rings. The number of pyridine rings is 1. The van der Waals surface area contributed by atoms with Crippen molar-refractivity contribution in [1.82, 2.24) is 55.5 Å². The molecule has 5 heterocycles. The van der Waals surface area contributed by atoms with Crippen LogP contribution in [0, 0.1) is 0 Å². The third-order valence-corrected chi connectivity index (χ3v) is 14.3. The summed E-state index contributed by atoms with van der Waals surface area (Å²) in [6.45, 7) is 9.17. The normalized spacial score (nSPS) is 11.5. The van der Waals surface area contributed by atoms with Crippen LogP contribution in [0.2, 0.25) is 0 Å². The smallest absolute Gasteiger partial charge is 0.263 e. The number of hydrogen-bond acceptors (Lipinski definition) is 22. The number of tetrazole rings is 1. The van der Waals surface area contributed by atoms with Crippen LogP contribution in [0.1, 0.15) is 51.7 Å². The van der Waals surface area contributed by atoms with Crippen LogP contribution in [0.3, 0.4) is 0 Å². The van der Waals surface area contributed by atoms with E-state index in [4.69, 9.17) is 28.4 Å². The molecule has 426 valence electrons. The van der Waals surface area contributed by atoms with Gasteiger partial charge >= 0.3 is 0 Å². The van der Waals surface area contributed by atoms with E-state index in [-0.39, 0.29) is 117 Å². The number of para-hydroxylation sites is 4. The van der Waals surface area contributed by atoms with Gasteiger partial charge in [-0.25, -0.2) is 36.8 Å². The molecule has 9 aromatic rings. The van der Waals surface area contributed by atoms with Gasteiger partial charge in [0.25, 0.3) is 31.8 Å². The molecule has 0 spiro atoms. The fourth-order valence-corrected chi connectivity index (χ4v) is 9.44. The van der Waals surface area contributed by atoms with Crippen molar-refractivity contribution in [1.29, 1.82) is 0 Å². The van der Waals surface area contributed by atoms with Crippen LogP contribution in [-0.2, 0) is 25.5 Å². The minimum absolute atomic E-state index is 0.00137. The summed E-state index contributed by atoms with van der Waals surface area (Å²) in [5, 5.41) is 32.8. The molecule has 0 aliphatic carbocycles. The lowest BCUT2D eigenvalue weighted by molar-refractivity contribution is 0.192. The first-order chi connectivity index (χ1) is 39.4. The number of rotatable bonds is 22. The monoisotopic (exact) mass is 1160 g/mol. The first-order valence-electron chi connectivity index (χ1n) is 25.1. The zero-order valence-corrected chi connectivity index (χ0v) is 47.0. The number of H-pyrrole nitrogens is 1. The van der Waals surface area contributed by atoms with Crippen molar-refractivity contribution in [3.05, 3.63) is 145 Å². The summed E-state index contributed by atoms with van der Waals surface area (Å²) in [5.74, 6) is 0.873. The van der Waals surface area contributed by atoms with Gasteiger partial charge in [0.05, 0.1) is 37.2 Å². The summed E-state index contributed by atoms with van der Waals surface area (Å²) < 4.78 is 93.6. The van der Waals surface area contributed by atoms with Gasteiger partial charge in [-0.1, -0.05) is 83.1 Å². The number of anilines is 2. The van der Waals surface area contributed by atoms with Gasteiger partial charge in [0.15, 0.2) is 46.3 Å². The number of aliphatic hydroxyl groups excluding tert-OH is 2. The molecule has 0 saturated carbocycles. The topological polar surface area (TPSA) is 333 Å². The van der Waals surface area contributed by atoms with E-state index in [1.54, 1.807) is 91.0 Å². The highest BCUT2D eigenvalue weighted by Crippen LogP contribution is 2.43. The number of methoxy groups -OCH3 is 2. The maximum Gasteiger partial charge on any atom is 0.263 e. The molecule has 0 saturated heterocycles. The number of hydrogen-bond donors (Lipinski definition) is 5. The molecule has 27 heteroatoms. The molecule has 0 radical (unpaired) electrons. The predicted molar refractivity (Wildman–Crippen MR) is 300 cm³/mol. The summed E-state index contributed by atoms with van der Waals surface area (Å²) >= 11 is 0. The first kappa shape index (κ1) is 58.7. The van der Waals surface area contributed by atoms with E-state index in [1.165, 1.54) is 57.1 Å². The Hall–Kier alpha value is -9.44. The lowest BCUT2D eigenvalue weighted by Gasteiger charge is -2.20. The van der Waals surface area contributed by atoms with Crippen molar-refractivity contribution < 1.29 is 55.5 Å². The average molecular weight is 1160 g/mol. The predicted octanol–water partition coefficient (Wildman–Crippen LogP) is 8.02. The third kappa shape index (κ3) is 14.5. The highest BCUT2D eigenvalue weighted by Gasteiger charge is 2.29. The zero-order chi connectivity index (χ0) is 58.4.